The molecule has 0 aliphatic heterocycles. The molecule has 2 N–H and O–H groups in total. The Balaban J connectivity index is 2.39. The second-order valence-electron chi connectivity index (χ2n) is 5.07. The van der Waals surface area contributed by atoms with Gasteiger partial charge in [-0.15, -0.1) is 0 Å². The summed E-state index contributed by atoms with van der Waals surface area (Å²) in [5.41, 5.74) is 1.20. The second-order valence-corrected chi connectivity index (χ2v) is 5.07. The maximum Gasteiger partial charge on any atom is 0.190 e. The summed E-state index contributed by atoms with van der Waals surface area (Å²) in [7, 11) is 3.49. The van der Waals surface area contributed by atoms with Gasteiger partial charge in [-0.25, -0.2) is 0 Å². The van der Waals surface area contributed by atoms with Crippen LogP contribution in [0.3, 0.4) is 0 Å². The van der Waals surface area contributed by atoms with Gasteiger partial charge < -0.3 is 20.1 Å². The number of aliphatic imine (C=N–C) groups is 1. The van der Waals surface area contributed by atoms with Gasteiger partial charge in [0.25, 0.3) is 0 Å². The van der Waals surface area contributed by atoms with Gasteiger partial charge in [-0.3, -0.25) is 4.99 Å². The summed E-state index contributed by atoms with van der Waals surface area (Å²) in [5.74, 6) is 2.08. The second kappa shape index (κ2) is 10.9. The van der Waals surface area contributed by atoms with E-state index in [9.17, 15) is 0 Å². The lowest BCUT2D eigenvalue weighted by atomic mass is 10.0. The summed E-state index contributed by atoms with van der Waals surface area (Å²) in [4.78, 5) is 4.24. The smallest absolute Gasteiger partial charge is 0.190 e. The zero-order chi connectivity index (χ0) is 16.2. The van der Waals surface area contributed by atoms with Gasteiger partial charge in [0.15, 0.2) is 5.96 Å². The third kappa shape index (κ3) is 6.35. The van der Waals surface area contributed by atoms with Gasteiger partial charge in [0.1, 0.15) is 5.75 Å². The molecule has 0 fully saturated rings. The van der Waals surface area contributed by atoms with E-state index < -0.39 is 0 Å². The third-order valence-electron chi connectivity index (χ3n) is 3.43. The monoisotopic (exact) mass is 307 g/mol. The molecule has 1 rings (SSSR count). The summed E-state index contributed by atoms with van der Waals surface area (Å²) in [6.45, 7) is 7.37. The van der Waals surface area contributed by atoms with E-state index in [1.165, 1.54) is 5.56 Å². The molecule has 0 saturated carbocycles. The predicted molar refractivity (Wildman–Crippen MR) is 91.9 cm³/mol. The van der Waals surface area contributed by atoms with Gasteiger partial charge in [-0.2, -0.15) is 0 Å². The zero-order valence-corrected chi connectivity index (χ0v) is 14.2. The topological polar surface area (TPSA) is 54.9 Å². The van der Waals surface area contributed by atoms with Crippen LogP contribution in [-0.4, -0.2) is 46.4 Å². The molecule has 0 spiro atoms. The van der Waals surface area contributed by atoms with Crippen molar-refractivity contribution in [2.45, 2.75) is 26.2 Å². The minimum Gasteiger partial charge on any atom is -0.496 e. The summed E-state index contributed by atoms with van der Waals surface area (Å²) in [5, 5.41) is 6.64. The average Bonchev–Trinajstić information content (AvgIpc) is 2.57. The Morgan fingerprint density at radius 1 is 1.27 bits per heavy atom. The van der Waals surface area contributed by atoms with Crippen LogP contribution in [0.2, 0.25) is 0 Å². The largest absolute Gasteiger partial charge is 0.496 e. The molecule has 0 amide bonds. The summed E-state index contributed by atoms with van der Waals surface area (Å²) in [6, 6.07) is 8.12. The number of para-hydroxylation sites is 1. The van der Waals surface area contributed by atoms with Crippen LogP contribution in [0.25, 0.3) is 0 Å². The van der Waals surface area contributed by atoms with Crippen molar-refractivity contribution in [2.24, 2.45) is 4.99 Å². The number of methoxy groups -OCH3 is 1. The minimum absolute atomic E-state index is 0.332. The molecule has 1 unspecified atom stereocenters. The van der Waals surface area contributed by atoms with E-state index in [0.29, 0.717) is 5.92 Å². The Labute approximate surface area is 134 Å². The highest BCUT2D eigenvalue weighted by atomic mass is 16.5. The molecule has 0 aromatic heterocycles. The SMILES string of the molecule is CCOCCCNC(=NC)NCC(C)c1ccccc1OC. The number of guanidine groups is 1. The maximum absolute atomic E-state index is 5.41. The van der Waals surface area contributed by atoms with E-state index in [-0.39, 0.29) is 0 Å². The first-order chi connectivity index (χ1) is 10.7. The van der Waals surface area contributed by atoms with E-state index in [1.807, 2.05) is 25.1 Å². The molecule has 5 nitrogen and oxygen atoms in total. The molecule has 0 aliphatic carbocycles. The van der Waals surface area contributed by atoms with Crippen LogP contribution in [0.1, 0.15) is 31.7 Å². The lowest BCUT2D eigenvalue weighted by Crippen LogP contribution is -2.39. The van der Waals surface area contributed by atoms with Crippen molar-refractivity contribution in [3.8, 4) is 5.75 Å². The van der Waals surface area contributed by atoms with E-state index in [0.717, 1.165) is 44.4 Å². The van der Waals surface area contributed by atoms with Crippen LogP contribution in [-0.2, 0) is 4.74 Å². The van der Waals surface area contributed by atoms with Crippen LogP contribution in [0.4, 0.5) is 0 Å². The normalized spacial score (nSPS) is 12.8. The van der Waals surface area contributed by atoms with Crippen LogP contribution >= 0.6 is 0 Å². The van der Waals surface area contributed by atoms with Gasteiger partial charge in [0, 0.05) is 39.3 Å². The van der Waals surface area contributed by atoms with Crippen molar-refractivity contribution in [3.05, 3.63) is 29.8 Å². The molecule has 22 heavy (non-hydrogen) atoms. The Hall–Kier alpha value is -1.75. The van der Waals surface area contributed by atoms with E-state index in [2.05, 4.69) is 28.6 Å². The number of hydrogen-bond acceptors (Lipinski definition) is 3. The highest BCUT2D eigenvalue weighted by molar-refractivity contribution is 5.79. The molecule has 0 saturated heterocycles. The number of benzene rings is 1. The Morgan fingerprint density at radius 2 is 2.05 bits per heavy atom. The van der Waals surface area contributed by atoms with Crippen LogP contribution < -0.4 is 15.4 Å². The van der Waals surface area contributed by atoms with Gasteiger partial charge in [-0.1, -0.05) is 25.1 Å². The first-order valence-corrected chi connectivity index (χ1v) is 7.88. The molecule has 0 heterocycles. The number of rotatable bonds is 9. The average molecular weight is 307 g/mol. The van der Waals surface area contributed by atoms with Crippen LogP contribution in [0.15, 0.2) is 29.3 Å². The molecule has 1 aromatic rings. The molecular weight excluding hydrogens is 278 g/mol. The van der Waals surface area contributed by atoms with E-state index in [4.69, 9.17) is 9.47 Å². The summed E-state index contributed by atoms with van der Waals surface area (Å²) in [6.07, 6.45) is 0.969. The molecule has 124 valence electrons. The third-order valence-corrected chi connectivity index (χ3v) is 3.43. The van der Waals surface area contributed by atoms with Crippen molar-refractivity contribution in [1.29, 1.82) is 0 Å². The van der Waals surface area contributed by atoms with Crippen molar-refractivity contribution in [1.82, 2.24) is 10.6 Å². The predicted octanol–water partition coefficient (Wildman–Crippen LogP) is 2.39. The first-order valence-electron chi connectivity index (χ1n) is 7.88. The van der Waals surface area contributed by atoms with Crippen molar-refractivity contribution in [3.63, 3.8) is 0 Å². The molecular formula is C17H29N3O2. The van der Waals surface area contributed by atoms with Crippen LogP contribution in [0.5, 0.6) is 5.75 Å². The quantitative estimate of drug-likeness (QED) is 0.418. The van der Waals surface area contributed by atoms with E-state index >= 15 is 0 Å². The fraction of sp³-hybridized carbons (Fsp3) is 0.588. The standard InChI is InChI=1S/C17H29N3O2/c1-5-22-12-8-11-19-17(18-3)20-13-14(2)15-9-6-7-10-16(15)21-4/h6-7,9-10,14H,5,8,11-13H2,1-4H3,(H2,18,19,20). The molecule has 5 heteroatoms. The molecule has 0 bridgehead atoms. The van der Waals surface area contributed by atoms with Crippen LogP contribution in [0, 0.1) is 0 Å². The number of nitrogens with one attached hydrogen (secondary N) is 2. The fourth-order valence-corrected chi connectivity index (χ4v) is 2.18. The Morgan fingerprint density at radius 3 is 2.73 bits per heavy atom. The van der Waals surface area contributed by atoms with Crippen molar-refractivity contribution < 1.29 is 9.47 Å². The molecule has 0 aliphatic rings. The fourth-order valence-electron chi connectivity index (χ4n) is 2.18. The van der Waals surface area contributed by atoms with Crippen molar-refractivity contribution in [2.75, 3.05) is 40.5 Å². The zero-order valence-electron chi connectivity index (χ0n) is 14.2. The lowest BCUT2D eigenvalue weighted by molar-refractivity contribution is 0.145. The maximum atomic E-state index is 5.41. The molecule has 0 radical (unpaired) electrons. The number of nitrogens with zero attached hydrogens (tertiary/aromatic N) is 1. The number of ether oxygens (including phenoxy) is 2. The Kier molecular flexibility index (Phi) is 9.07. The van der Waals surface area contributed by atoms with Gasteiger partial charge >= 0.3 is 0 Å². The number of hydrogen-bond donors (Lipinski definition) is 2. The van der Waals surface area contributed by atoms with Crippen molar-refractivity contribution >= 4 is 5.96 Å². The molecule has 1 aromatic carbocycles. The summed E-state index contributed by atoms with van der Waals surface area (Å²) >= 11 is 0. The first kappa shape index (κ1) is 18.3. The molecule has 1 atom stereocenters. The lowest BCUT2D eigenvalue weighted by Gasteiger charge is -2.18. The van der Waals surface area contributed by atoms with Gasteiger partial charge in [0.2, 0.25) is 0 Å². The Bertz CT molecular complexity index is 449. The highest BCUT2D eigenvalue weighted by Crippen LogP contribution is 2.25. The highest BCUT2D eigenvalue weighted by Gasteiger charge is 2.11. The van der Waals surface area contributed by atoms with Gasteiger partial charge in [0.05, 0.1) is 7.11 Å². The summed E-state index contributed by atoms with van der Waals surface area (Å²) < 4.78 is 10.7. The van der Waals surface area contributed by atoms with Gasteiger partial charge in [-0.05, 0) is 25.0 Å². The van der Waals surface area contributed by atoms with E-state index in [1.54, 1.807) is 14.2 Å². The minimum atomic E-state index is 0.332.